The van der Waals surface area contributed by atoms with Crippen molar-refractivity contribution in [3.8, 4) is 0 Å². The van der Waals surface area contributed by atoms with Crippen LogP contribution in [0.4, 0.5) is 5.13 Å². The maximum Gasteiger partial charge on any atom is 0.185 e. The summed E-state index contributed by atoms with van der Waals surface area (Å²) < 4.78 is 0. The molecular weight excluding hydrogens is 242 g/mol. The second kappa shape index (κ2) is 6.53. The molecule has 0 spiro atoms. The van der Waals surface area contributed by atoms with Crippen LogP contribution in [0.2, 0.25) is 0 Å². The van der Waals surface area contributed by atoms with Gasteiger partial charge in [-0.1, -0.05) is 13.8 Å². The van der Waals surface area contributed by atoms with E-state index in [9.17, 15) is 0 Å². The average Bonchev–Trinajstić information content (AvgIpc) is 2.75. The van der Waals surface area contributed by atoms with Crippen molar-refractivity contribution < 1.29 is 0 Å². The minimum atomic E-state index is 0.158. The van der Waals surface area contributed by atoms with Crippen LogP contribution in [0.3, 0.4) is 0 Å². The van der Waals surface area contributed by atoms with E-state index in [4.69, 9.17) is 0 Å². The van der Waals surface area contributed by atoms with E-state index in [1.54, 1.807) is 11.3 Å². The maximum atomic E-state index is 4.54. The van der Waals surface area contributed by atoms with Gasteiger partial charge in [0.15, 0.2) is 5.13 Å². The molecule has 0 aromatic carbocycles. The number of aromatic nitrogens is 1. The Morgan fingerprint density at radius 2 is 1.94 bits per heavy atom. The van der Waals surface area contributed by atoms with Gasteiger partial charge in [-0.2, -0.15) is 0 Å². The van der Waals surface area contributed by atoms with E-state index in [1.807, 2.05) is 6.20 Å². The molecular formula is C14H27N3S. The van der Waals surface area contributed by atoms with Crippen LogP contribution in [0.5, 0.6) is 0 Å². The lowest BCUT2D eigenvalue weighted by Crippen LogP contribution is -2.34. The highest BCUT2D eigenvalue weighted by molar-refractivity contribution is 7.15. The van der Waals surface area contributed by atoms with E-state index in [0.29, 0.717) is 6.04 Å². The smallest absolute Gasteiger partial charge is 0.185 e. The molecule has 1 heterocycles. The molecule has 0 amide bonds. The van der Waals surface area contributed by atoms with Gasteiger partial charge in [0.1, 0.15) is 0 Å². The Morgan fingerprint density at radius 3 is 2.44 bits per heavy atom. The molecule has 0 fully saturated rings. The Hall–Kier alpha value is -0.610. The fourth-order valence-electron chi connectivity index (χ4n) is 1.89. The lowest BCUT2D eigenvalue weighted by molar-refractivity contribution is 0.426. The molecule has 104 valence electrons. The van der Waals surface area contributed by atoms with Crippen molar-refractivity contribution in [2.24, 2.45) is 0 Å². The molecule has 0 saturated carbocycles. The van der Waals surface area contributed by atoms with Crippen molar-refractivity contribution in [2.45, 2.75) is 65.6 Å². The fourth-order valence-corrected chi connectivity index (χ4v) is 2.77. The molecule has 0 aliphatic carbocycles. The Bertz CT molecular complexity index is 350. The molecule has 1 aromatic heterocycles. The average molecular weight is 269 g/mol. The lowest BCUT2D eigenvalue weighted by atomic mass is 10.1. The number of hydrogen-bond acceptors (Lipinski definition) is 4. The summed E-state index contributed by atoms with van der Waals surface area (Å²) in [6, 6.07) is 0.597. The van der Waals surface area contributed by atoms with E-state index in [0.717, 1.165) is 11.7 Å². The van der Waals surface area contributed by atoms with E-state index in [1.165, 1.54) is 17.7 Å². The molecule has 4 heteroatoms. The Balaban J connectivity index is 2.62. The third kappa shape index (κ3) is 4.58. The summed E-state index contributed by atoms with van der Waals surface area (Å²) in [5, 5.41) is 4.63. The molecule has 0 saturated heterocycles. The van der Waals surface area contributed by atoms with Gasteiger partial charge in [0.25, 0.3) is 0 Å². The third-order valence-electron chi connectivity index (χ3n) is 3.13. The molecule has 0 radical (unpaired) electrons. The minimum absolute atomic E-state index is 0.158. The zero-order valence-electron chi connectivity index (χ0n) is 12.6. The highest BCUT2D eigenvalue weighted by Gasteiger charge is 2.15. The second-order valence-corrected chi connectivity index (χ2v) is 6.89. The first-order valence-corrected chi connectivity index (χ1v) is 7.61. The summed E-state index contributed by atoms with van der Waals surface area (Å²) in [4.78, 5) is 8.15. The van der Waals surface area contributed by atoms with Crippen molar-refractivity contribution in [1.29, 1.82) is 0 Å². The Labute approximate surface area is 116 Å². The molecule has 0 aliphatic heterocycles. The SMILES string of the molecule is CCC(CC)N(C)c1ncc(CNC(C)(C)C)s1. The van der Waals surface area contributed by atoms with Crippen LogP contribution in [0.1, 0.15) is 52.3 Å². The third-order valence-corrected chi connectivity index (χ3v) is 4.21. The summed E-state index contributed by atoms with van der Waals surface area (Å²) >= 11 is 1.79. The predicted molar refractivity (Wildman–Crippen MR) is 81.5 cm³/mol. The van der Waals surface area contributed by atoms with Crippen molar-refractivity contribution in [1.82, 2.24) is 10.3 Å². The topological polar surface area (TPSA) is 28.2 Å². The van der Waals surface area contributed by atoms with E-state index in [-0.39, 0.29) is 5.54 Å². The maximum absolute atomic E-state index is 4.54. The molecule has 1 N–H and O–H groups in total. The Morgan fingerprint density at radius 1 is 1.33 bits per heavy atom. The van der Waals surface area contributed by atoms with Crippen LogP contribution in [0.25, 0.3) is 0 Å². The molecule has 18 heavy (non-hydrogen) atoms. The van der Waals surface area contributed by atoms with Crippen LogP contribution in [-0.4, -0.2) is 23.6 Å². The summed E-state index contributed by atoms with van der Waals surface area (Å²) in [6.07, 6.45) is 4.34. The van der Waals surface area contributed by atoms with E-state index < -0.39 is 0 Å². The van der Waals surface area contributed by atoms with Gasteiger partial charge in [-0.15, -0.1) is 11.3 Å². The minimum Gasteiger partial charge on any atom is -0.348 e. The zero-order valence-corrected chi connectivity index (χ0v) is 13.4. The normalized spacial score (nSPS) is 12.2. The number of thiazole rings is 1. The molecule has 1 aromatic rings. The van der Waals surface area contributed by atoms with Crippen LogP contribution < -0.4 is 10.2 Å². The lowest BCUT2D eigenvalue weighted by Gasteiger charge is -2.25. The zero-order chi connectivity index (χ0) is 13.8. The second-order valence-electron chi connectivity index (χ2n) is 5.79. The quantitative estimate of drug-likeness (QED) is 0.854. The van der Waals surface area contributed by atoms with Gasteiger partial charge >= 0.3 is 0 Å². The molecule has 0 unspecified atom stereocenters. The molecule has 0 bridgehead atoms. The van der Waals surface area contributed by atoms with Gasteiger partial charge < -0.3 is 10.2 Å². The van der Waals surface area contributed by atoms with Crippen molar-refractivity contribution in [2.75, 3.05) is 11.9 Å². The largest absolute Gasteiger partial charge is 0.348 e. The number of nitrogens with zero attached hydrogens (tertiary/aromatic N) is 2. The molecule has 0 atom stereocenters. The molecule has 3 nitrogen and oxygen atoms in total. The predicted octanol–water partition coefficient (Wildman–Crippen LogP) is 3.66. The first-order chi connectivity index (χ1) is 8.37. The van der Waals surface area contributed by atoms with Crippen LogP contribution in [0.15, 0.2) is 6.20 Å². The number of nitrogens with one attached hydrogen (secondary N) is 1. The van der Waals surface area contributed by atoms with E-state index >= 15 is 0 Å². The van der Waals surface area contributed by atoms with E-state index in [2.05, 4.69) is 56.9 Å². The Kier molecular flexibility index (Phi) is 5.60. The first-order valence-electron chi connectivity index (χ1n) is 6.80. The van der Waals surface area contributed by atoms with Crippen molar-refractivity contribution in [3.05, 3.63) is 11.1 Å². The van der Waals surface area contributed by atoms with Gasteiger partial charge in [0, 0.05) is 36.2 Å². The molecule has 0 aliphatic rings. The van der Waals surface area contributed by atoms with Crippen molar-refractivity contribution >= 4 is 16.5 Å². The standard InChI is InChI=1S/C14H27N3S/c1-7-11(8-2)17(6)13-15-9-12(18-13)10-16-14(3,4)5/h9,11,16H,7-8,10H2,1-6H3. The number of rotatable bonds is 6. The van der Waals surface area contributed by atoms with Crippen LogP contribution >= 0.6 is 11.3 Å². The fraction of sp³-hybridized carbons (Fsp3) is 0.786. The van der Waals surface area contributed by atoms with Gasteiger partial charge in [-0.05, 0) is 33.6 Å². The first kappa shape index (κ1) is 15.4. The summed E-state index contributed by atoms with van der Waals surface area (Å²) in [5.74, 6) is 0. The van der Waals surface area contributed by atoms with Gasteiger partial charge in [0.05, 0.1) is 0 Å². The monoisotopic (exact) mass is 269 g/mol. The van der Waals surface area contributed by atoms with Crippen LogP contribution in [0, 0.1) is 0 Å². The molecule has 1 rings (SSSR count). The summed E-state index contributed by atoms with van der Waals surface area (Å²) in [7, 11) is 2.15. The highest BCUT2D eigenvalue weighted by Crippen LogP contribution is 2.25. The number of anilines is 1. The van der Waals surface area contributed by atoms with Gasteiger partial charge in [0.2, 0.25) is 0 Å². The number of hydrogen-bond donors (Lipinski definition) is 1. The summed E-state index contributed by atoms with van der Waals surface area (Å²) in [5.41, 5.74) is 0.158. The van der Waals surface area contributed by atoms with Crippen molar-refractivity contribution in [3.63, 3.8) is 0 Å². The van der Waals surface area contributed by atoms with Gasteiger partial charge in [-0.25, -0.2) is 4.98 Å². The summed E-state index contributed by atoms with van der Waals surface area (Å²) in [6.45, 7) is 11.9. The van der Waals surface area contributed by atoms with Crippen LogP contribution in [-0.2, 0) is 6.54 Å². The van der Waals surface area contributed by atoms with Gasteiger partial charge in [-0.3, -0.25) is 0 Å². The highest BCUT2D eigenvalue weighted by atomic mass is 32.1.